The van der Waals surface area contributed by atoms with Gasteiger partial charge in [-0.05, 0) is 6.71 Å². The molecule has 1 heteroatoms. The fourth-order valence-electron chi connectivity index (χ4n) is 4.96. The van der Waals surface area contributed by atoms with Crippen molar-refractivity contribution < 1.29 is 0 Å². The summed E-state index contributed by atoms with van der Waals surface area (Å²) in [5.41, 5.74) is 0. The standard InChI is InChI=1S/C18H40B/c1-7-13-16(10-4)19(17(11-5)14-8-2)18(12-6)15-9-3/h16-19H,7-15H2,1-6H3/q-1. The summed E-state index contributed by atoms with van der Waals surface area (Å²) in [7, 11) is 0. The summed E-state index contributed by atoms with van der Waals surface area (Å²) in [6.07, 6.45) is 12.9. The molecule has 3 atom stereocenters. The van der Waals surface area contributed by atoms with Gasteiger partial charge in [-0.15, -0.1) is 0 Å². The summed E-state index contributed by atoms with van der Waals surface area (Å²) in [5.74, 6) is 3.16. The van der Waals surface area contributed by atoms with Crippen LogP contribution in [0.3, 0.4) is 0 Å². The van der Waals surface area contributed by atoms with Crippen LogP contribution in [0.4, 0.5) is 0 Å². The summed E-state index contributed by atoms with van der Waals surface area (Å²) >= 11 is 0. The zero-order valence-corrected chi connectivity index (χ0v) is 14.8. The molecule has 0 aromatic carbocycles. The lowest BCUT2D eigenvalue weighted by Gasteiger charge is -2.45. The Bertz CT molecular complexity index is 157. The van der Waals surface area contributed by atoms with E-state index in [2.05, 4.69) is 41.5 Å². The van der Waals surface area contributed by atoms with Crippen molar-refractivity contribution in [1.82, 2.24) is 0 Å². The molecule has 19 heavy (non-hydrogen) atoms. The van der Waals surface area contributed by atoms with E-state index in [1.807, 2.05) is 0 Å². The second kappa shape index (κ2) is 11.9. The Morgan fingerprint density at radius 2 is 0.789 bits per heavy atom. The average Bonchev–Trinajstić information content (AvgIpc) is 2.43. The summed E-state index contributed by atoms with van der Waals surface area (Å²) in [4.78, 5) is 0. The van der Waals surface area contributed by atoms with E-state index >= 15 is 0 Å². The van der Waals surface area contributed by atoms with Crippen molar-refractivity contribution >= 4 is 6.71 Å². The van der Waals surface area contributed by atoms with E-state index in [4.69, 9.17) is 0 Å². The highest BCUT2D eigenvalue weighted by atomic mass is 14.2. The Hall–Kier alpha value is 0.0649. The molecule has 0 aliphatic carbocycles. The molecule has 0 aliphatic heterocycles. The van der Waals surface area contributed by atoms with Gasteiger partial charge in [0.05, 0.1) is 0 Å². The van der Waals surface area contributed by atoms with E-state index in [1.54, 1.807) is 0 Å². The largest absolute Gasteiger partial charge is 0.169 e. The van der Waals surface area contributed by atoms with Crippen LogP contribution < -0.4 is 0 Å². The Kier molecular flexibility index (Phi) is 11.9. The van der Waals surface area contributed by atoms with E-state index in [0.29, 0.717) is 0 Å². The van der Waals surface area contributed by atoms with Gasteiger partial charge < -0.3 is 0 Å². The lowest BCUT2D eigenvalue weighted by Crippen LogP contribution is -2.32. The quantitative estimate of drug-likeness (QED) is 0.335. The van der Waals surface area contributed by atoms with Gasteiger partial charge in [0.1, 0.15) is 0 Å². The summed E-state index contributed by atoms with van der Waals surface area (Å²) < 4.78 is 0. The van der Waals surface area contributed by atoms with Crippen molar-refractivity contribution in [2.45, 2.75) is 117 Å². The van der Waals surface area contributed by atoms with Crippen LogP contribution in [0, 0.1) is 0 Å². The van der Waals surface area contributed by atoms with Gasteiger partial charge >= 0.3 is 0 Å². The summed E-state index contributed by atoms with van der Waals surface area (Å²) in [6.45, 7) is 14.5. The minimum absolute atomic E-state index is 0.0154. The normalized spacial score (nSPS) is 18.0. The minimum atomic E-state index is 0.0154. The van der Waals surface area contributed by atoms with Crippen LogP contribution in [0.15, 0.2) is 0 Å². The van der Waals surface area contributed by atoms with Crippen molar-refractivity contribution in [2.24, 2.45) is 0 Å². The molecule has 0 aromatic rings. The fraction of sp³-hybridized carbons (Fsp3) is 1.00. The molecule has 0 nitrogen and oxygen atoms in total. The van der Waals surface area contributed by atoms with Gasteiger partial charge in [-0.25, -0.2) is 0 Å². The molecule has 0 rings (SSSR count). The maximum atomic E-state index is 2.44. The Labute approximate surface area is 124 Å². The highest BCUT2D eigenvalue weighted by Gasteiger charge is 2.26. The van der Waals surface area contributed by atoms with Crippen LogP contribution in [-0.2, 0) is 0 Å². The molecule has 0 radical (unpaired) electrons. The smallest absolute Gasteiger partial charge is 0.00666 e. The van der Waals surface area contributed by atoms with Crippen molar-refractivity contribution in [3.05, 3.63) is 0 Å². The molecule has 3 unspecified atom stereocenters. The first-order valence-corrected chi connectivity index (χ1v) is 9.42. The molecule has 0 heterocycles. The molecule has 0 aromatic heterocycles. The number of rotatable bonds is 12. The number of hydrogen-bond donors (Lipinski definition) is 0. The average molecular weight is 267 g/mol. The van der Waals surface area contributed by atoms with E-state index in [9.17, 15) is 0 Å². The predicted molar refractivity (Wildman–Crippen MR) is 94.0 cm³/mol. The van der Waals surface area contributed by atoms with Crippen LogP contribution in [0.2, 0.25) is 17.5 Å². The fourth-order valence-corrected chi connectivity index (χ4v) is 4.96. The molecule has 0 amide bonds. The van der Waals surface area contributed by atoms with E-state index in [-0.39, 0.29) is 6.71 Å². The second-order valence-electron chi connectivity index (χ2n) is 6.90. The minimum Gasteiger partial charge on any atom is -0.169 e. The molecule has 0 fully saturated rings. The van der Waals surface area contributed by atoms with Gasteiger partial charge in [0.15, 0.2) is 0 Å². The van der Waals surface area contributed by atoms with Crippen LogP contribution in [-0.4, -0.2) is 6.71 Å². The van der Waals surface area contributed by atoms with Crippen molar-refractivity contribution in [1.29, 1.82) is 0 Å². The van der Waals surface area contributed by atoms with Crippen molar-refractivity contribution in [3.8, 4) is 0 Å². The first-order valence-electron chi connectivity index (χ1n) is 9.42. The van der Waals surface area contributed by atoms with Gasteiger partial charge in [-0.2, -0.15) is 17.5 Å². The monoisotopic (exact) mass is 267 g/mol. The van der Waals surface area contributed by atoms with Gasteiger partial charge in [-0.1, -0.05) is 99.3 Å². The first-order chi connectivity index (χ1) is 9.19. The molecular formula is C18H40B-. The Morgan fingerprint density at radius 1 is 0.526 bits per heavy atom. The van der Waals surface area contributed by atoms with Crippen LogP contribution in [0.1, 0.15) is 99.3 Å². The van der Waals surface area contributed by atoms with Gasteiger partial charge in [0.25, 0.3) is 0 Å². The zero-order valence-electron chi connectivity index (χ0n) is 14.8. The third-order valence-electron chi connectivity index (χ3n) is 5.82. The predicted octanol–water partition coefficient (Wildman–Crippen LogP) is 6.95. The lowest BCUT2D eigenvalue weighted by molar-refractivity contribution is 0.579. The molecule has 0 N–H and O–H groups in total. The molecule has 0 bridgehead atoms. The van der Waals surface area contributed by atoms with Crippen molar-refractivity contribution in [3.63, 3.8) is 0 Å². The number of hydrogen-bond acceptors (Lipinski definition) is 0. The highest BCUT2D eigenvalue weighted by molar-refractivity contribution is 6.63. The highest BCUT2D eigenvalue weighted by Crippen LogP contribution is 2.43. The van der Waals surface area contributed by atoms with Gasteiger partial charge in [0.2, 0.25) is 0 Å². The molecule has 0 spiro atoms. The third-order valence-corrected chi connectivity index (χ3v) is 5.82. The SMILES string of the molecule is CCCC(CC)[BH-](C(CC)CCC)C(CC)CCC. The van der Waals surface area contributed by atoms with Crippen LogP contribution in [0.5, 0.6) is 0 Å². The van der Waals surface area contributed by atoms with E-state index in [1.165, 1.54) is 57.8 Å². The molecule has 0 saturated heterocycles. The molecule has 116 valence electrons. The van der Waals surface area contributed by atoms with Crippen molar-refractivity contribution in [2.75, 3.05) is 0 Å². The van der Waals surface area contributed by atoms with Gasteiger partial charge in [-0.3, -0.25) is 0 Å². The second-order valence-corrected chi connectivity index (χ2v) is 6.90. The molecule has 0 aliphatic rings. The Morgan fingerprint density at radius 3 is 0.947 bits per heavy atom. The summed E-state index contributed by atoms with van der Waals surface area (Å²) in [6, 6.07) is 0. The maximum Gasteiger partial charge on any atom is -0.00666 e. The summed E-state index contributed by atoms with van der Waals surface area (Å²) in [5, 5.41) is 0. The molecular weight excluding hydrogens is 227 g/mol. The zero-order chi connectivity index (χ0) is 14.7. The molecule has 0 saturated carbocycles. The van der Waals surface area contributed by atoms with E-state index in [0.717, 1.165) is 17.5 Å². The Balaban J connectivity index is 5.04. The van der Waals surface area contributed by atoms with Crippen LogP contribution >= 0.6 is 0 Å². The first kappa shape index (κ1) is 19.1. The maximum absolute atomic E-state index is 2.44. The van der Waals surface area contributed by atoms with Gasteiger partial charge in [0, 0.05) is 0 Å². The topological polar surface area (TPSA) is 0 Å². The van der Waals surface area contributed by atoms with E-state index < -0.39 is 0 Å². The third kappa shape index (κ3) is 6.36. The lowest BCUT2D eigenvalue weighted by atomic mass is 9.25. The van der Waals surface area contributed by atoms with Crippen LogP contribution in [0.25, 0.3) is 0 Å².